The van der Waals surface area contributed by atoms with Gasteiger partial charge in [-0.1, -0.05) is 18.9 Å². The van der Waals surface area contributed by atoms with E-state index < -0.39 is 6.10 Å². The summed E-state index contributed by atoms with van der Waals surface area (Å²) in [5.41, 5.74) is 0. The summed E-state index contributed by atoms with van der Waals surface area (Å²) in [4.78, 5) is 14.2. The Morgan fingerprint density at radius 3 is 2.60 bits per heavy atom. The molecule has 0 saturated heterocycles. The van der Waals surface area contributed by atoms with Gasteiger partial charge in [-0.25, -0.2) is 0 Å². The fraction of sp³-hybridized carbons (Fsp3) is 0.562. The molecule has 0 radical (unpaired) electrons. The molecule has 1 atom stereocenters. The minimum Gasteiger partial charge on any atom is -0.497 e. The van der Waals surface area contributed by atoms with Crippen LogP contribution in [-0.4, -0.2) is 37.1 Å². The molecule has 0 spiro atoms. The van der Waals surface area contributed by atoms with Gasteiger partial charge in [-0.05, 0) is 31.9 Å². The molecule has 1 aromatic carbocycles. The molecule has 0 aromatic heterocycles. The van der Waals surface area contributed by atoms with Gasteiger partial charge in [0.2, 0.25) is 0 Å². The van der Waals surface area contributed by atoms with E-state index in [9.17, 15) is 4.79 Å². The number of hydrogen-bond acceptors (Lipinski definition) is 3. The molecule has 1 aromatic rings. The molecule has 110 valence electrons. The fourth-order valence-corrected chi connectivity index (χ4v) is 2.69. The lowest BCUT2D eigenvalue weighted by Gasteiger charge is -2.27. The van der Waals surface area contributed by atoms with Crippen LogP contribution >= 0.6 is 0 Å². The maximum atomic E-state index is 12.4. The second kappa shape index (κ2) is 6.64. The predicted molar refractivity (Wildman–Crippen MR) is 78.1 cm³/mol. The Kier molecular flexibility index (Phi) is 4.88. The second-order valence-corrected chi connectivity index (χ2v) is 5.33. The lowest BCUT2D eigenvalue weighted by atomic mass is 10.2. The SMILES string of the molecule is COc1cccc(O[C@@H](C)C(=O)N(C)C2CCCC2)c1. The molecular formula is C16H23NO3. The molecule has 0 aliphatic heterocycles. The monoisotopic (exact) mass is 277 g/mol. The first-order valence-corrected chi connectivity index (χ1v) is 7.19. The Hall–Kier alpha value is -1.71. The summed E-state index contributed by atoms with van der Waals surface area (Å²) in [5, 5.41) is 0. The van der Waals surface area contributed by atoms with Crippen molar-refractivity contribution in [3.05, 3.63) is 24.3 Å². The highest BCUT2D eigenvalue weighted by molar-refractivity contribution is 5.81. The van der Waals surface area contributed by atoms with E-state index in [1.165, 1.54) is 12.8 Å². The molecule has 1 saturated carbocycles. The molecule has 1 aliphatic rings. The van der Waals surface area contributed by atoms with Crippen LogP contribution in [0.3, 0.4) is 0 Å². The van der Waals surface area contributed by atoms with Gasteiger partial charge >= 0.3 is 0 Å². The first-order valence-electron chi connectivity index (χ1n) is 7.19. The highest BCUT2D eigenvalue weighted by atomic mass is 16.5. The number of amides is 1. The zero-order valence-electron chi connectivity index (χ0n) is 12.5. The van der Waals surface area contributed by atoms with Crippen LogP contribution in [0.1, 0.15) is 32.6 Å². The molecule has 0 N–H and O–H groups in total. The standard InChI is InChI=1S/C16H23NO3/c1-12(16(18)17(2)13-7-4-5-8-13)20-15-10-6-9-14(11-15)19-3/h6,9-13H,4-5,7-8H2,1-3H3/t12-/m0/s1. The van der Waals surface area contributed by atoms with Crippen LogP contribution in [0.2, 0.25) is 0 Å². The summed E-state index contributed by atoms with van der Waals surface area (Å²) < 4.78 is 10.9. The van der Waals surface area contributed by atoms with Crippen molar-refractivity contribution in [3.63, 3.8) is 0 Å². The van der Waals surface area contributed by atoms with Gasteiger partial charge in [-0.2, -0.15) is 0 Å². The number of ether oxygens (including phenoxy) is 2. The van der Waals surface area contributed by atoms with E-state index in [4.69, 9.17) is 9.47 Å². The van der Waals surface area contributed by atoms with E-state index in [0.29, 0.717) is 11.8 Å². The molecule has 0 heterocycles. The minimum absolute atomic E-state index is 0.0414. The van der Waals surface area contributed by atoms with Gasteiger partial charge in [0.25, 0.3) is 5.91 Å². The molecule has 4 heteroatoms. The van der Waals surface area contributed by atoms with Crippen LogP contribution in [0, 0.1) is 0 Å². The van der Waals surface area contributed by atoms with Gasteiger partial charge in [0.1, 0.15) is 11.5 Å². The van der Waals surface area contributed by atoms with Gasteiger partial charge < -0.3 is 14.4 Å². The second-order valence-electron chi connectivity index (χ2n) is 5.33. The quantitative estimate of drug-likeness (QED) is 0.830. The third-order valence-electron chi connectivity index (χ3n) is 3.92. The Balaban J connectivity index is 1.95. The van der Waals surface area contributed by atoms with Crippen LogP contribution in [0.5, 0.6) is 11.5 Å². The van der Waals surface area contributed by atoms with Crippen molar-refractivity contribution in [1.82, 2.24) is 4.90 Å². The summed E-state index contributed by atoms with van der Waals surface area (Å²) in [6.45, 7) is 1.80. The summed E-state index contributed by atoms with van der Waals surface area (Å²) in [6, 6.07) is 7.70. The van der Waals surface area contributed by atoms with Gasteiger partial charge in [-0.3, -0.25) is 4.79 Å². The predicted octanol–water partition coefficient (Wildman–Crippen LogP) is 2.86. The number of carbonyl (C=O) groups excluding carboxylic acids is 1. The molecular weight excluding hydrogens is 254 g/mol. The molecule has 0 unspecified atom stereocenters. The van der Waals surface area contributed by atoms with Crippen molar-refractivity contribution >= 4 is 5.91 Å². The Morgan fingerprint density at radius 2 is 1.95 bits per heavy atom. The van der Waals surface area contributed by atoms with E-state index in [1.54, 1.807) is 20.1 Å². The lowest BCUT2D eigenvalue weighted by Crippen LogP contribution is -2.42. The van der Waals surface area contributed by atoms with Crippen LogP contribution < -0.4 is 9.47 Å². The number of likely N-dealkylation sites (N-methyl/N-ethyl adjacent to an activating group) is 1. The molecule has 20 heavy (non-hydrogen) atoms. The van der Waals surface area contributed by atoms with Gasteiger partial charge in [0.15, 0.2) is 6.10 Å². The summed E-state index contributed by atoms with van der Waals surface area (Å²) in [7, 11) is 3.49. The highest BCUT2D eigenvalue weighted by Gasteiger charge is 2.27. The third kappa shape index (κ3) is 3.44. The van der Waals surface area contributed by atoms with E-state index in [-0.39, 0.29) is 5.91 Å². The fourth-order valence-electron chi connectivity index (χ4n) is 2.69. The third-order valence-corrected chi connectivity index (χ3v) is 3.92. The number of methoxy groups -OCH3 is 1. The Labute approximate surface area is 120 Å². The summed E-state index contributed by atoms with van der Waals surface area (Å²) in [6.07, 6.45) is 4.16. The topological polar surface area (TPSA) is 38.8 Å². The number of benzene rings is 1. The summed E-state index contributed by atoms with van der Waals surface area (Å²) in [5.74, 6) is 1.43. The first-order chi connectivity index (χ1) is 9.61. The molecule has 4 nitrogen and oxygen atoms in total. The normalized spacial score (nSPS) is 16.8. The van der Waals surface area contributed by atoms with E-state index in [0.717, 1.165) is 18.6 Å². The van der Waals surface area contributed by atoms with Crippen LogP contribution in [-0.2, 0) is 4.79 Å². The smallest absolute Gasteiger partial charge is 0.263 e. The Bertz CT molecular complexity index is 455. The number of carbonyl (C=O) groups is 1. The van der Waals surface area contributed by atoms with Crippen molar-refractivity contribution in [2.45, 2.75) is 44.8 Å². The molecule has 1 fully saturated rings. The van der Waals surface area contributed by atoms with E-state index in [1.807, 2.05) is 30.1 Å². The average Bonchev–Trinajstić information content (AvgIpc) is 3.00. The molecule has 1 aliphatic carbocycles. The molecule has 2 rings (SSSR count). The van der Waals surface area contributed by atoms with Crippen molar-refractivity contribution in [1.29, 1.82) is 0 Å². The van der Waals surface area contributed by atoms with Gasteiger partial charge in [0, 0.05) is 19.2 Å². The van der Waals surface area contributed by atoms with Crippen molar-refractivity contribution in [2.24, 2.45) is 0 Å². The van der Waals surface area contributed by atoms with Crippen LogP contribution in [0.15, 0.2) is 24.3 Å². The Morgan fingerprint density at radius 1 is 1.30 bits per heavy atom. The number of rotatable bonds is 5. The zero-order chi connectivity index (χ0) is 14.5. The van der Waals surface area contributed by atoms with E-state index in [2.05, 4.69) is 0 Å². The summed E-state index contributed by atoms with van der Waals surface area (Å²) >= 11 is 0. The first kappa shape index (κ1) is 14.7. The van der Waals surface area contributed by atoms with Crippen molar-refractivity contribution < 1.29 is 14.3 Å². The van der Waals surface area contributed by atoms with E-state index >= 15 is 0 Å². The van der Waals surface area contributed by atoms with Gasteiger partial charge in [-0.15, -0.1) is 0 Å². The van der Waals surface area contributed by atoms with Crippen LogP contribution in [0.25, 0.3) is 0 Å². The lowest BCUT2D eigenvalue weighted by molar-refractivity contribution is -0.138. The van der Waals surface area contributed by atoms with Crippen molar-refractivity contribution in [2.75, 3.05) is 14.2 Å². The maximum absolute atomic E-state index is 12.4. The zero-order valence-corrected chi connectivity index (χ0v) is 12.5. The molecule has 1 amide bonds. The van der Waals surface area contributed by atoms with Crippen molar-refractivity contribution in [3.8, 4) is 11.5 Å². The maximum Gasteiger partial charge on any atom is 0.263 e. The highest BCUT2D eigenvalue weighted by Crippen LogP contribution is 2.24. The minimum atomic E-state index is -0.479. The average molecular weight is 277 g/mol. The number of hydrogen-bond donors (Lipinski definition) is 0. The number of nitrogens with zero attached hydrogens (tertiary/aromatic N) is 1. The van der Waals surface area contributed by atoms with Crippen LogP contribution in [0.4, 0.5) is 0 Å². The van der Waals surface area contributed by atoms with Gasteiger partial charge in [0.05, 0.1) is 7.11 Å². The molecule has 0 bridgehead atoms. The largest absolute Gasteiger partial charge is 0.497 e.